The number of hydrogen-bond acceptors (Lipinski definition) is 17. The van der Waals surface area contributed by atoms with Crippen LogP contribution < -0.4 is 28.2 Å². The molecule has 7 rings (SSSR count). The zero-order valence-electron chi connectivity index (χ0n) is 31.2. The molecular formula is C36H23N8O16P3. The summed E-state index contributed by atoms with van der Waals surface area (Å²) in [5.74, 6) is -2.65. The van der Waals surface area contributed by atoms with E-state index in [1.165, 1.54) is 60.7 Å². The van der Waals surface area contributed by atoms with Crippen LogP contribution in [0.25, 0.3) is 0 Å². The maximum absolute atomic E-state index is 11.6. The Labute approximate surface area is 354 Å². The molecule has 0 aliphatic rings. The van der Waals surface area contributed by atoms with E-state index in [9.17, 15) is 50.6 Å². The van der Waals surface area contributed by atoms with Gasteiger partial charge in [0.05, 0.1) is 24.6 Å². The average Bonchev–Trinajstić information content (AvgIpc) is 3.28. The molecular weight excluding hydrogens is 893 g/mol. The van der Waals surface area contributed by atoms with Crippen LogP contribution in [-0.4, -0.2) is 38.1 Å². The van der Waals surface area contributed by atoms with Gasteiger partial charge >= 0.3 is 0 Å². The minimum atomic E-state index is -1.98. The standard InChI is InChI=1S/C36H23N8O16P3/c45-40(46)21-1-11-26(12-2-21)55-31-32(56-27-13-3-22(4-14-27)41(47)48)34(58-29-17-7-24(8-18-29)43(51)52)36(60-63-38-61-37-62-39-63)35(59-30-19-9-25(10-20-30)44(53)54)33(31)57-28-15-5-23(6-16-28)42(49)50/h1-20,38,61H,(H,37,39). The Bertz CT molecular complexity index is 2720. The van der Waals surface area contributed by atoms with E-state index in [-0.39, 0.29) is 82.9 Å². The summed E-state index contributed by atoms with van der Waals surface area (Å²) in [4.78, 5) is 54.7. The Morgan fingerprint density at radius 3 is 0.857 bits per heavy atom. The minimum absolute atomic E-state index is 0.0476. The second-order valence-corrected chi connectivity index (χ2v) is 15.8. The normalized spacial score (nSPS) is 11.1. The van der Waals surface area contributed by atoms with Crippen molar-refractivity contribution in [3.63, 3.8) is 0 Å². The second kappa shape index (κ2) is 18.8. The fraction of sp³-hybridized carbons (Fsp3) is 0. The van der Waals surface area contributed by atoms with Gasteiger partial charge in [0.1, 0.15) is 37.3 Å². The predicted octanol–water partition coefficient (Wildman–Crippen LogP) is 11.8. The average molecular weight is 917 g/mol. The molecule has 0 saturated carbocycles. The molecule has 0 radical (unpaired) electrons. The maximum atomic E-state index is 11.6. The molecule has 0 amide bonds. The van der Waals surface area contributed by atoms with Crippen molar-refractivity contribution in [1.29, 1.82) is 0 Å². The quantitative estimate of drug-likeness (QED) is 0.0633. The molecule has 2 atom stereocenters. The van der Waals surface area contributed by atoms with Gasteiger partial charge < -0.3 is 32.7 Å². The summed E-state index contributed by atoms with van der Waals surface area (Å²) in [5, 5.41) is 57.9. The number of aromatic nitrogens is 3. The highest BCUT2D eigenvalue weighted by molar-refractivity contribution is 7.50. The SMILES string of the molecule is O=[N+]([O-])c1ccc(Oc2c(Oc3ccc([N+](=O)[O-])cc3)c(Oc3ccc([N+](=O)[O-])cc3)c(Op3np[nH][pH][nH]3)c(Oc3ccc([N+](=O)[O-])cc3)c2Oc2ccc([N+](=O)[O-])cc2)cc1. The first-order chi connectivity index (χ1) is 30.3. The maximum Gasteiger partial charge on any atom is 0.269 e. The van der Waals surface area contributed by atoms with E-state index >= 15 is 0 Å². The van der Waals surface area contributed by atoms with Crippen molar-refractivity contribution in [2.45, 2.75) is 0 Å². The molecule has 0 aliphatic heterocycles. The number of nitrogens with one attached hydrogen (secondary N) is 2. The zero-order valence-corrected chi connectivity index (χ0v) is 33.9. The lowest BCUT2D eigenvalue weighted by Gasteiger charge is -2.25. The Morgan fingerprint density at radius 1 is 0.413 bits per heavy atom. The Hall–Kier alpha value is -8.58. The highest BCUT2D eigenvalue weighted by Gasteiger charge is 2.35. The van der Waals surface area contributed by atoms with Gasteiger partial charge in [0.15, 0.2) is 0 Å². The lowest BCUT2D eigenvalue weighted by atomic mass is 10.2. The van der Waals surface area contributed by atoms with Crippen molar-refractivity contribution in [2.75, 3.05) is 0 Å². The van der Waals surface area contributed by atoms with E-state index in [1.807, 2.05) is 0 Å². The van der Waals surface area contributed by atoms with Crippen LogP contribution in [0, 0.1) is 50.6 Å². The molecule has 0 aliphatic carbocycles. The van der Waals surface area contributed by atoms with Gasteiger partial charge in [-0.15, -0.1) is 4.51 Å². The molecule has 27 heteroatoms. The van der Waals surface area contributed by atoms with Gasteiger partial charge in [-0.3, -0.25) is 55.1 Å². The van der Waals surface area contributed by atoms with Gasteiger partial charge in [0, 0.05) is 69.2 Å². The number of rotatable bonds is 17. The number of nitrogens with zero attached hydrogens (tertiary/aromatic N) is 6. The molecule has 1 aromatic heterocycles. The largest absolute Gasteiger partial charge is 0.449 e. The first-order valence-corrected chi connectivity index (χ1v) is 20.4. The number of aromatic amines is 2. The third-order valence-electron chi connectivity index (χ3n) is 8.14. The molecule has 24 nitrogen and oxygen atoms in total. The lowest BCUT2D eigenvalue weighted by molar-refractivity contribution is -0.385. The van der Waals surface area contributed by atoms with E-state index < -0.39 is 49.9 Å². The van der Waals surface area contributed by atoms with Crippen molar-refractivity contribution >= 4 is 53.5 Å². The van der Waals surface area contributed by atoms with Gasteiger partial charge in [-0.25, -0.2) is 0 Å². The summed E-state index contributed by atoms with van der Waals surface area (Å²) in [6.45, 7) is 0. The van der Waals surface area contributed by atoms with E-state index in [4.69, 9.17) is 28.2 Å². The van der Waals surface area contributed by atoms with Gasteiger partial charge in [-0.1, -0.05) is 0 Å². The van der Waals surface area contributed by atoms with E-state index in [0.29, 0.717) is 8.51 Å². The number of hydrogen-bond donors (Lipinski definition) is 2. The first kappa shape index (κ1) is 42.5. The lowest BCUT2D eigenvalue weighted by Crippen LogP contribution is -2.03. The number of ether oxygens (including phenoxy) is 5. The van der Waals surface area contributed by atoms with Crippen LogP contribution >= 0.6 is 25.1 Å². The van der Waals surface area contributed by atoms with Crippen LogP contribution in [0.2, 0.25) is 0 Å². The number of nitro benzene ring substituents is 5. The fourth-order valence-corrected chi connectivity index (χ4v) is 8.63. The molecule has 1 heterocycles. The summed E-state index contributed by atoms with van der Waals surface area (Å²) in [5.41, 5.74) is -1.49. The fourth-order valence-electron chi connectivity index (χ4n) is 5.24. The molecule has 0 fully saturated rings. The molecule has 0 saturated heterocycles. The van der Waals surface area contributed by atoms with Crippen molar-refractivity contribution in [3.05, 3.63) is 172 Å². The molecule has 0 spiro atoms. The molecule has 6 aromatic carbocycles. The minimum Gasteiger partial charge on any atom is -0.449 e. The van der Waals surface area contributed by atoms with Gasteiger partial charge in [-0.2, -0.15) is 0 Å². The second-order valence-electron chi connectivity index (χ2n) is 12.1. The molecule has 63 heavy (non-hydrogen) atoms. The summed E-state index contributed by atoms with van der Waals surface area (Å²) in [7, 11) is -1.65. The number of benzene rings is 6. The molecule has 318 valence electrons. The van der Waals surface area contributed by atoms with Crippen molar-refractivity contribution in [3.8, 4) is 63.2 Å². The van der Waals surface area contributed by atoms with Gasteiger partial charge in [0.25, 0.3) is 36.5 Å². The smallest absolute Gasteiger partial charge is 0.269 e. The third-order valence-corrected chi connectivity index (χ3v) is 11.6. The van der Waals surface area contributed by atoms with Crippen LogP contribution in [0.3, 0.4) is 0 Å². The number of non-ortho nitro benzene ring substituents is 5. The Kier molecular flexibility index (Phi) is 12.7. The van der Waals surface area contributed by atoms with E-state index in [2.05, 4.69) is 13.5 Å². The molecule has 7 aromatic rings. The van der Waals surface area contributed by atoms with Crippen molar-refractivity contribution < 1.29 is 52.8 Å². The van der Waals surface area contributed by atoms with Crippen LogP contribution in [0.15, 0.2) is 121 Å². The van der Waals surface area contributed by atoms with Gasteiger partial charge in [-0.05, 0) is 60.7 Å². The first-order valence-electron chi connectivity index (χ1n) is 17.3. The Balaban J connectivity index is 1.57. The Morgan fingerprint density at radius 2 is 0.651 bits per heavy atom. The predicted molar refractivity (Wildman–Crippen MR) is 224 cm³/mol. The van der Waals surface area contributed by atoms with Crippen molar-refractivity contribution in [1.82, 2.24) is 13.5 Å². The van der Waals surface area contributed by atoms with Crippen LogP contribution in [-0.2, 0) is 0 Å². The number of H-pyrrole nitrogens is 2. The summed E-state index contributed by atoms with van der Waals surface area (Å²) in [6.07, 6.45) is 0. The molecule has 2 unspecified atom stereocenters. The summed E-state index contributed by atoms with van der Waals surface area (Å²) < 4.78 is 49.1. The molecule has 2 N–H and O–H groups in total. The van der Waals surface area contributed by atoms with Crippen LogP contribution in [0.4, 0.5) is 28.4 Å². The summed E-state index contributed by atoms with van der Waals surface area (Å²) in [6, 6.07) is 23.9. The van der Waals surface area contributed by atoms with E-state index in [0.717, 1.165) is 60.7 Å². The van der Waals surface area contributed by atoms with E-state index in [1.54, 1.807) is 0 Å². The third kappa shape index (κ3) is 10.2. The van der Waals surface area contributed by atoms with Gasteiger partial charge in [0.2, 0.25) is 34.5 Å². The van der Waals surface area contributed by atoms with Crippen LogP contribution in [0.1, 0.15) is 0 Å². The number of nitro groups is 5. The summed E-state index contributed by atoms with van der Waals surface area (Å²) >= 11 is 0. The molecule has 0 bridgehead atoms. The van der Waals surface area contributed by atoms with Crippen molar-refractivity contribution in [2.24, 2.45) is 0 Å². The monoisotopic (exact) mass is 916 g/mol. The highest BCUT2D eigenvalue weighted by atomic mass is 31.2. The van der Waals surface area contributed by atoms with Crippen LogP contribution in [0.5, 0.6) is 63.2 Å². The topological polar surface area (TPSA) is 316 Å². The zero-order chi connectivity index (χ0) is 44.6. The highest BCUT2D eigenvalue weighted by Crippen LogP contribution is 2.63.